The number of nitrogens with two attached hydrogens (primary N) is 1. The summed E-state index contributed by atoms with van der Waals surface area (Å²) in [5.41, 5.74) is 6.59. The third-order valence-corrected chi connectivity index (χ3v) is 4.02. The van der Waals surface area contributed by atoms with Gasteiger partial charge in [-0.25, -0.2) is 14.4 Å². The van der Waals surface area contributed by atoms with E-state index in [0.29, 0.717) is 18.8 Å². The van der Waals surface area contributed by atoms with Gasteiger partial charge in [-0.3, -0.25) is 10.1 Å². The van der Waals surface area contributed by atoms with Crippen LogP contribution >= 0.6 is 0 Å². The van der Waals surface area contributed by atoms with Gasteiger partial charge in [-0.05, 0) is 25.0 Å². The summed E-state index contributed by atoms with van der Waals surface area (Å²) in [4.78, 5) is 20.1. The number of halogens is 1. The van der Waals surface area contributed by atoms with E-state index in [2.05, 4.69) is 9.97 Å². The Labute approximate surface area is 132 Å². The van der Waals surface area contributed by atoms with Crippen molar-refractivity contribution in [2.45, 2.75) is 18.8 Å². The fourth-order valence-corrected chi connectivity index (χ4v) is 2.92. The van der Waals surface area contributed by atoms with Crippen molar-refractivity contribution in [1.82, 2.24) is 9.97 Å². The normalized spacial score (nSPS) is 18.0. The van der Waals surface area contributed by atoms with Gasteiger partial charge in [0.25, 0.3) is 5.69 Å². The number of aromatic nitrogens is 2. The van der Waals surface area contributed by atoms with E-state index in [4.69, 9.17) is 5.73 Å². The maximum absolute atomic E-state index is 14.2. The molecule has 3 rings (SSSR count). The first-order valence-corrected chi connectivity index (χ1v) is 7.32. The molecule has 120 valence electrons. The van der Waals surface area contributed by atoms with Crippen LogP contribution < -0.4 is 10.6 Å². The second-order valence-electron chi connectivity index (χ2n) is 5.52. The molecule has 2 aromatic rings. The summed E-state index contributed by atoms with van der Waals surface area (Å²) in [6.45, 7) is 1.29. The smallest absolute Gasteiger partial charge is 0.272 e. The van der Waals surface area contributed by atoms with Gasteiger partial charge in [0.15, 0.2) is 5.82 Å². The zero-order valence-electron chi connectivity index (χ0n) is 12.4. The number of hydrogen-bond donors (Lipinski definition) is 1. The average molecular weight is 317 g/mol. The number of nitrogens with zero attached hydrogens (tertiary/aromatic N) is 4. The molecule has 1 fully saturated rings. The van der Waals surface area contributed by atoms with Crippen molar-refractivity contribution in [3.05, 3.63) is 52.1 Å². The first-order chi connectivity index (χ1) is 11.0. The zero-order valence-corrected chi connectivity index (χ0v) is 12.4. The van der Waals surface area contributed by atoms with Gasteiger partial charge < -0.3 is 10.6 Å². The third kappa shape index (κ3) is 3.20. The minimum Gasteiger partial charge on any atom is -0.368 e. The topological polar surface area (TPSA) is 98.2 Å². The molecule has 0 aliphatic carbocycles. The van der Waals surface area contributed by atoms with Gasteiger partial charge in [0, 0.05) is 31.3 Å². The molecule has 0 radical (unpaired) electrons. The fraction of sp³-hybridized carbons (Fsp3) is 0.333. The van der Waals surface area contributed by atoms with Gasteiger partial charge >= 0.3 is 0 Å². The fourth-order valence-electron chi connectivity index (χ4n) is 2.92. The zero-order chi connectivity index (χ0) is 16.4. The molecule has 0 bridgehead atoms. The van der Waals surface area contributed by atoms with Crippen molar-refractivity contribution in [3.8, 4) is 0 Å². The number of rotatable bonds is 3. The van der Waals surface area contributed by atoms with Gasteiger partial charge in [0.2, 0.25) is 5.95 Å². The number of hydrogen-bond acceptors (Lipinski definition) is 6. The van der Waals surface area contributed by atoms with Crippen LogP contribution in [0, 0.1) is 15.9 Å². The van der Waals surface area contributed by atoms with E-state index in [0.717, 1.165) is 24.6 Å². The number of anilines is 2. The van der Waals surface area contributed by atoms with Crippen molar-refractivity contribution in [3.63, 3.8) is 0 Å². The summed E-state index contributed by atoms with van der Waals surface area (Å²) in [7, 11) is 0. The summed E-state index contributed by atoms with van der Waals surface area (Å²) in [5, 5.41) is 10.7. The second-order valence-corrected chi connectivity index (χ2v) is 5.52. The Morgan fingerprint density at radius 2 is 2.22 bits per heavy atom. The van der Waals surface area contributed by atoms with Crippen LogP contribution in [0.3, 0.4) is 0 Å². The maximum atomic E-state index is 14.2. The van der Waals surface area contributed by atoms with Gasteiger partial charge in [0.1, 0.15) is 0 Å². The molecule has 7 nitrogen and oxygen atoms in total. The summed E-state index contributed by atoms with van der Waals surface area (Å²) in [6.07, 6.45) is 3.43. The molecule has 1 saturated heterocycles. The second kappa shape index (κ2) is 6.15. The van der Waals surface area contributed by atoms with E-state index in [1.165, 1.54) is 12.1 Å². The lowest BCUT2D eigenvalue weighted by atomic mass is 9.94. The Balaban J connectivity index is 1.82. The Morgan fingerprint density at radius 3 is 2.91 bits per heavy atom. The van der Waals surface area contributed by atoms with E-state index >= 15 is 0 Å². The summed E-state index contributed by atoms with van der Waals surface area (Å²) in [6, 6.07) is 5.56. The molecule has 2 N–H and O–H groups in total. The van der Waals surface area contributed by atoms with E-state index in [9.17, 15) is 14.5 Å². The molecule has 2 heterocycles. The van der Waals surface area contributed by atoms with Gasteiger partial charge in [-0.2, -0.15) is 0 Å². The first-order valence-electron chi connectivity index (χ1n) is 7.32. The molecule has 0 spiro atoms. The predicted octanol–water partition coefficient (Wildman–Crippen LogP) is 2.49. The van der Waals surface area contributed by atoms with E-state index < -0.39 is 10.7 Å². The van der Waals surface area contributed by atoms with Crippen molar-refractivity contribution >= 4 is 17.3 Å². The standard InChI is InChI=1S/C15H16FN5O2/c16-12-8-11(21(22)23)3-4-14(12)20-7-1-2-10(9-20)13-5-6-18-15(17)19-13/h3-6,8,10H,1-2,7,9H2,(H2,17,18,19)/t10-/m0/s1. The Morgan fingerprint density at radius 1 is 1.39 bits per heavy atom. The van der Waals surface area contributed by atoms with Crippen LogP contribution in [0.4, 0.5) is 21.7 Å². The van der Waals surface area contributed by atoms with Crippen molar-refractivity contribution in [2.75, 3.05) is 23.7 Å². The molecule has 23 heavy (non-hydrogen) atoms. The number of non-ortho nitro benzene ring substituents is 1. The molecule has 8 heteroatoms. The largest absolute Gasteiger partial charge is 0.368 e. The minimum absolute atomic E-state index is 0.128. The molecule has 1 aromatic heterocycles. The average Bonchev–Trinajstić information content (AvgIpc) is 2.55. The monoisotopic (exact) mass is 317 g/mol. The van der Waals surface area contributed by atoms with Crippen LogP contribution in [-0.2, 0) is 0 Å². The van der Waals surface area contributed by atoms with E-state index in [1.807, 2.05) is 11.0 Å². The van der Waals surface area contributed by atoms with Crippen LogP contribution in [0.15, 0.2) is 30.5 Å². The molecule has 1 aliphatic rings. The van der Waals surface area contributed by atoms with E-state index in [-0.39, 0.29) is 17.6 Å². The SMILES string of the molecule is Nc1nccc([C@H]2CCCN(c3ccc([N+](=O)[O-])cc3F)C2)n1. The number of benzene rings is 1. The van der Waals surface area contributed by atoms with Gasteiger partial charge in [-0.1, -0.05) is 0 Å². The number of nitro benzene ring substituents is 1. The number of nitrogen functional groups attached to an aromatic ring is 1. The van der Waals surface area contributed by atoms with Gasteiger partial charge in [-0.15, -0.1) is 0 Å². The summed E-state index contributed by atoms with van der Waals surface area (Å²) < 4.78 is 14.2. The molecule has 1 aliphatic heterocycles. The number of nitro groups is 1. The summed E-state index contributed by atoms with van der Waals surface area (Å²) in [5.74, 6) is -0.230. The first kappa shape index (κ1) is 15.1. The molecular weight excluding hydrogens is 301 g/mol. The van der Waals surface area contributed by atoms with Crippen LogP contribution in [-0.4, -0.2) is 28.0 Å². The van der Waals surface area contributed by atoms with Crippen LogP contribution in [0.5, 0.6) is 0 Å². The number of piperidine rings is 1. The lowest BCUT2D eigenvalue weighted by Gasteiger charge is -2.34. The van der Waals surface area contributed by atoms with Crippen LogP contribution in [0.25, 0.3) is 0 Å². The predicted molar refractivity (Wildman–Crippen MR) is 83.7 cm³/mol. The molecule has 1 aromatic carbocycles. The highest BCUT2D eigenvalue weighted by Crippen LogP contribution is 2.31. The Hall–Kier alpha value is -2.77. The van der Waals surface area contributed by atoms with Crippen molar-refractivity contribution in [2.24, 2.45) is 0 Å². The highest BCUT2D eigenvalue weighted by atomic mass is 19.1. The van der Waals surface area contributed by atoms with Crippen molar-refractivity contribution in [1.29, 1.82) is 0 Å². The molecule has 0 amide bonds. The van der Waals surface area contributed by atoms with Crippen LogP contribution in [0.2, 0.25) is 0 Å². The van der Waals surface area contributed by atoms with E-state index in [1.54, 1.807) is 6.20 Å². The lowest BCUT2D eigenvalue weighted by molar-refractivity contribution is -0.385. The highest BCUT2D eigenvalue weighted by molar-refractivity contribution is 5.53. The van der Waals surface area contributed by atoms with Crippen LogP contribution in [0.1, 0.15) is 24.5 Å². The minimum atomic E-state index is -0.602. The van der Waals surface area contributed by atoms with Gasteiger partial charge in [0.05, 0.1) is 22.4 Å². The Kier molecular flexibility index (Phi) is 4.05. The molecule has 0 unspecified atom stereocenters. The highest BCUT2D eigenvalue weighted by Gasteiger charge is 2.25. The Bertz CT molecular complexity index is 740. The molecule has 0 saturated carbocycles. The molecule has 1 atom stereocenters. The summed E-state index contributed by atoms with van der Waals surface area (Å²) >= 11 is 0. The maximum Gasteiger partial charge on any atom is 0.272 e. The molecular formula is C15H16FN5O2. The quantitative estimate of drug-likeness (QED) is 0.690. The lowest BCUT2D eigenvalue weighted by Crippen LogP contribution is -2.35. The third-order valence-electron chi connectivity index (χ3n) is 4.02. The van der Waals surface area contributed by atoms with Crippen molar-refractivity contribution < 1.29 is 9.31 Å².